The molecule has 0 atom stereocenters. The third kappa shape index (κ3) is 2.99. The molecule has 0 saturated heterocycles. The summed E-state index contributed by atoms with van der Waals surface area (Å²) in [4.78, 5) is 0. The number of nitrogen functional groups attached to an aromatic ring is 1. The van der Waals surface area contributed by atoms with Crippen LogP contribution in [-0.4, -0.2) is 0 Å². The molecule has 3 nitrogen and oxygen atoms in total. The molecule has 0 radical (unpaired) electrons. The minimum atomic E-state index is 0.603. The van der Waals surface area contributed by atoms with Gasteiger partial charge in [-0.2, -0.15) is 5.26 Å². The van der Waals surface area contributed by atoms with Crippen molar-refractivity contribution >= 4 is 33.0 Å². The van der Waals surface area contributed by atoms with E-state index in [2.05, 4.69) is 27.3 Å². The van der Waals surface area contributed by atoms with Crippen LogP contribution in [-0.2, 0) is 0 Å². The first-order valence-electron chi connectivity index (χ1n) is 5.00. The molecule has 0 spiro atoms. The van der Waals surface area contributed by atoms with Gasteiger partial charge in [-0.15, -0.1) is 0 Å². The molecular weight excluding hydrogens is 278 g/mol. The third-order valence-corrected chi connectivity index (χ3v) is 2.66. The average Bonchev–Trinajstić information content (AvgIpc) is 2.28. The molecule has 0 saturated carbocycles. The number of nitrogens with one attached hydrogen (secondary N) is 1. The summed E-state index contributed by atoms with van der Waals surface area (Å²) in [5.41, 5.74) is 8.74. The van der Waals surface area contributed by atoms with Gasteiger partial charge in [0.05, 0.1) is 11.6 Å². The topological polar surface area (TPSA) is 61.8 Å². The number of rotatable bonds is 2. The van der Waals surface area contributed by atoms with Crippen LogP contribution in [0.4, 0.5) is 17.1 Å². The smallest absolute Gasteiger partial charge is 0.0992 e. The maximum atomic E-state index is 8.88. The molecule has 0 aliphatic carbocycles. The molecule has 0 unspecified atom stereocenters. The average molecular weight is 288 g/mol. The number of halogens is 1. The molecule has 0 aromatic heterocycles. The van der Waals surface area contributed by atoms with Crippen molar-refractivity contribution in [3.8, 4) is 6.07 Å². The van der Waals surface area contributed by atoms with E-state index in [0.29, 0.717) is 11.3 Å². The zero-order chi connectivity index (χ0) is 12.3. The number of anilines is 3. The Morgan fingerprint density at radius 3 is 2.65 bits per heavy atom. The quantitative estimate of drug-likeness (QED) is 0.829. The van der Waals surface area contributed by atoms with Crippen LogP contribution in [0.15, 0.2) is 46.9 Å². The normalized spacial score (nSPS) is 9.65. The first-order valence-corrected chi connectivity index (χ1v) is 5.80. The van der Waals surface area contributed by atoms with Crippen LogP contribution in [0.1, 0.15) is 5.56 Å². The van der Waals surface area contributed by atoms with Crippen LogP contribution in [0, 0.1) is 11.3 Å². The molecule has 0 fully saturated rings. The van der Waals surface area contributed by atoms with Crippen LogP contribution in [0.3, 0.4) is 0 Å². The Hall–Kier alpha value is -1.99. The summed E-state index contributed by atoms with van der Waals surface area (Å²) in [5, 5.41) is 12.1. The van der Waals surface area contributed by atoms with Crippen molar-refractivity contribution in [2.24, 2.45) is 0 Å². The Morgan fingerprint density at radius 2 is 1.94 bits per heavy atom. The fraction of sp³-hybridized carbons (Fsp3) is 0. The monoisotopic (exact) mass is 287 g/mol. The van der Waals surface area contributed by atoms with Crippen molar-refractivity contribution in [1.29, 1.82) is 5.26 Å². The summed E-state index contributed by atoms with van der Waals surface area (Å²) >= 11 is 3.37. The van der Waals surface area contributed by atoms with Crippen molar-refractivity contribution in [1.82, 2.24) is 0 Å². The predicted octanol–water partition coefficient (Wildman–Crippen LogP) is 3.65. The second kappa shape index (κ2) is 4.89. The lowest BCUT2D eigenvalue weighted by Gasteiger charge is -2.08. The summed E-state index contributed by atoms with van der Waals surface area (Å²) in [6.07, 6.45) is 0. The SMILES string of the molecule is N#Cc1cc(Br)cc(Nc2cccc(N)c2)c1. The molecule has 17 heavy (non-hydrogen) atoms. The van der Waals surface area contributed by atoms with Gasteiger partial charge in [0, 0.05) is 21.5 Å². The highest BCUT2D eigenvalue weighted by Crippen LogP contribution is 2.23. The standard InChI is InChI=1S/C13H10BrN3/c14-10-4-9(8-15)5-13(6-10)17-12-3-1-2-11(16)7-12/h1-7,17H,16H2. The Balaban J connectivity index is 2.30. The van der Waals surface area contributed by atoms with Gasteiger partial charge in [0.25, 0.3) is 0 Å². The molecule has 0 aliphatic rings. The lowest BCUT2D eigenvalue weighted by molar-refractivity contribution is 1.46. The zero-order valence-corrected chi connectivity index (χ0v) is 10.5. The summed E-state index contributed by atoms with van der Waals surface area (Å²) in [6, 6.07) is 15.0. The highest BCUT2D eigenvalue weighted by atomic mass is 79.9. The first kappa shape index (κ1) is 11.5. The molecule has 0 aliphatic heterocycles. The lowest BCUT2D eigenvalue weighted by atomic mass is 10.2. The highest BCUT2D eigenvalue weighted by Gasteiger charge is 2.00. The van der Waals surface area contributed by atoms with Crippen molar-refractivity contribution in [2.75, 3.05) is 11.1 Å². The summed E-state index contributed by atoms with van der Waals surface area (Å²) in [7, 11) is 0. The van der Waals surface area contributed by atoms with Crippen LogP contribution in [0.2, 0.25) is 0 Å². The van der Waals surface area contributed by atoms with Gasteiger partial charge in [0.15, 0.2) is 0 Å². The zero-order valence-electron chi connectivity index (χ0n) is 8.94. The van der Waals surface area contributed by atoms with E-state index in [1.54, 1.807) is 12.1 Å². The number of nitrogens with zero attached hydrogens (tertiary/aromatic N) is 1. The van der Waals surface area contributed by atoms with Crippen molar-refractivity contribution in [3.63, 3.8) is 0 Å². The summed E-state index contributed by atoms with van der Waals surface area (Å²) in [5.74, 6) is 0. The van der Waals surface area contributed by atoms with E-state index >= 15 is 0 Å². The minimum absolute atomic E-state index is 0.603. The molecule has 4 heteroatoms. The van der Waals surface area contributed by atoms with Crippen LogP contribution in [0.5, 0.6) is 0 Å². The maximum absolute atomic E-state index is 8.88. The van der Waals surface area contributed by atoms with Gasteiger partial charge in [-0.25, -0.2) is 0 Å². The Morgan fingerprint density at radius 1 is 1.12 bits per heavy atom. The van der Waals surface area contributed by atoms with Crippen LogP contribution < -0.4 is 11.1 Å². The Kier molecular flexibility index (Phi) is 3.31. The molecule has 84 valence electrons. The van der Waals surface area contributed by atoms with E-state index in [0.717, 1.165) is 15.8 Å². The molecule has 0 bridgehead atoms. The van der Waals surface area contributed by atoms with Gasteiger partial charge in [-0.1, -0.05) is 22.0 Å². The number of hydrogen-bond acceptors (Lipinski definition) is 3. The lowest BCUT2D eigenvalue weighted by Crippen LogP contribution is -1.92. The van der Waals surface area contributed by atoms with E-state index in [-0.39, 0.29) is 0 Å². The summed E-state index contributed by atoms with van der Waals surface area (Å²) in [6.45, 7) is 0. The van der Waals surface area contributed by atoms with Gasteiger partial charge >= 0.3 is 0 Å². The van der Waals surface area contributed by atoms with E-state index in [4.69, 9.17) is 11.0 Å². The van der Waals surface area contributed by atoms with Gasteiger partial charge in [-0.3, -0.25) is 0 Å². The van der Waals surface area contributed by atoms with Crippen molar-refractivity contribution in [3.05, 3.63) is 52.5 Å². The van der Waals surface area contributed by atoms with E-state index in [1.165, 1.54) is 0 Å². The van der Waals surface area contributed by atoms with Crippen molar-refractivity contribution in [2.45, 2.75) is 0 Å². The minimum Gasteiger partial charge on any atom is -0.399 e. The third-order valence-electron chi connectivity index (χ3n) is 2.20. The molecule has 0 heterocycles. The fourth-order valence-corrected chi connectivity index (χ4v) is 2.00. The first-order chi connectivity index (χ1) is 8.17. The van der Waals surface area contributed by atoms with E-state index in [9.17, 15) is 0 Å². The molecular formula is C13H10BrN3. The Labute approximate surface area is 108 Å². The van der Waals surface area contributed by atoms with Gasteiger partial charge < -0.3 is 11.1 Å². The number of benzene rings is 2. The number of hydrogen-bond donors (Lipinski definition) is 2. The fourth-order valence-electron chi connectivity index (χ4n) is 1.51. The predicted molar refractivity (Wildman–Crippen MR) is 73.0 cm³/mol. The Bertz CT molecular complexity index is 587. The molecule has 2 aromatic carbocycles. The second-order valence-electron chi connectivity index (χ2n) is 3.59. The highest BCUT2D eigenvalue weighted by molar-refractivity contribution is 9.10. The molecule has 2 aromatic rings. The maximum Gasteiger partial charge on any atom is 0.0992 e. The number of nitriles is 1. The van der Waals surface area contributed by atoms with Gasteiger partial charge in [0.2, 0.25) is 0 Å². The summed E-state index contributed by atoms with van der Waals surface area (Å²) < 4.78 is 0.864. The number of nitrogens with two attached hydrogens (primary N) is 1. The van der Waals surface area contributed by atoms with E-state index < -0.39 is 0 Å². The molecule has 3 N–H and O–H groups in total. The van der Waals surface area contributed by atoms with Gasteiger partial charge in [0.1, 0.15) is 0 Å². The molecule has 0 amide bonds. The van der Waals surface area contributed by atoms with Gasteiger partial charge in [-0.05, 0) is 36.4 Å². The van der Waals surface area contributed by atoms with Crippen LogP contribution >= 0.6 is 15.9 Å². The van der Waals surface area contributed by atoms with Crippen molar-refractivity contribution < 1.29 is 0 Å². The largest absolute Gasteiger partial charge is 0.399 e. The van der Waals surface area contributed by atoms with E-state index in [1.807, 2.05) is 30.3 Å². The van der Waals surface area contributed by atoms with Crippen LogP contribution in [0.25, 0.3) is 0 Å². The molecule has 2 rings (SSSR count). The second-order valence-corrected chi connectivity index (χ2v) is 4.51.